The highest BCUT2D eigenvalue weighted by Crippen LogP contribution is 2.02. The first-order valence-electron chi connectivity index (χ1n) is 7.01. The number of imidazole rings is 1. The van der Waals surface area contributed by atoms with Crippen LogP contribution in [0.1, 0.15) is 30.8 Å². The molecule has 0 fully saturated rings. The van der Waals surface area contributed by atoms with Gasteiger partial charge in [-0.1, -0.05) is 6.92 Å². The molecule has 2 N–H and O–H groups in total. The Hall–Kier alpha value is -2.44. The van der Waals surface area contributed by atoms with E-state index in [2.05, 4.69) is 32.5 Å². The van der Waals surface area contributed by atoms with Crippen molar-refractivity contribution in [2.24, 2.45) is 0 Å². The molecule has 0 aromatic carbocycles. The van der Waals surface area contributed by atoms with Gasteiger partial charge in [-0.25, -0.2) is 15.0 Å². The van der Waals surface area contributed by atoms with E-state index in [1.54, 1.807) is 18.7 Å². The Morgan fingerprint density at radius 1 is 1.38 bits per heavy atom. The van der Waals surface area contributed by atoms with Crippen molar-refractivity contribution in [3.05, 3.63) is 36.8 Å². The second-order valence-corrected chi connectivity index (χ2v) is 4.85. The molecule has 2 heterocycles. The van der Waals surface area contributed by atoms with Crippen molar-refractivity contribution >= 4 is 11.7 Å². The van der Waals surface area contributed by atoms with Crippen molar-refractivity contribution in [2.75, 3.05) is 11.9 Å². The molecule has 1 amide bonds. The molecule has 0 spiro atoms. The van der Waals surface area contributed by atoms with Crippen LogP contribution in [-0.2, 0) is 6.54 Å². The van der Waals surface area contributed by atoms with Crippen LogP contribution in [-0.4, -0.2) is 38.0 Å². The Morgan fingerprint density at radius 2 is 2.24 bits per heavy atom. The molecule has 0 bridgehead atoms. The summed E-state index contributed by atoms with van der Waals surface area (Å²) >= 11 is 0. The molecular weight excluding hydrogens is 268 g/mol. The Labute approximate surface area is 123 Å². The van der Waals surface area contributed by atoms with Crippen LogP contribution >= 0.6 is 0 Å². The van der Waals surface area contributed by atoms with Gasteiger partial charge >= 0.3 is 0 Å². The summed E-state index contributed by atoms with van der Waals surface area (Å²) in [7, 11) is 0. The average molecular weight is 288 g/mol. The Morgan fingerprint density at radius 3 is 2.86 bits per heavy atom. The summed E-state index contributed by atoms with van der Waals surface area (Å²) in [5, 5.41) is 6.00. The van der Waals surface area contributed by atoms with Gasteiger partial charge in [0, 0.05) is 31.5 Å². The number of amides is 1. The van der Waals surface area contributed by atoms with Crippen molar-refractivity contribution in [3.8, 4) is 0 Å². The fourth-order valence-electron chi connectivity index (χ4n) is 1.84. The zero-order valence-corrected chi connectivity index (χ0v) is 12.3. The number of carbonyl (C=O) groups is 1. The first-order valence-corrected chi connectivity index (χ1v) is 7.01. The molecule has 0 radical (unpaired) electrons. The van der Waals surface area contributed by atoms with Gasteiger partial charge in [-0.15, -0.1) is 0 Å². The van der Waals surface area contributed by atoms with E-state index in [9.17, 15) is 4.79 Å². The number of rotatable bonds is 7. The summed E-state index contributed by atoms with van der Waals surface area (Å²) in [6, 6.07) is -0.0219. The number of hydrogen-bond donors (Lipinski definition) is 2. The Balaban J connectivity index is 1.87. The average Bonchev–Trinajstić information content (AvgIpc) is 2.98. The van der Waals surface area contributed by atoms with Gasteiger partial charge in [0.25, 0.3) is 5.91 Å². The number of nitrogens with zero attached hydrogens (tertiary/aromatic N) is 4. The molecule has 2 aromatic rings. The minimum absolute atomic E-state index is 0.0219. The Kier molecular flexibility index (Phi) is 5.25. The van der Waals surface area contributed by atoms with Crippen molar-refractivity contribution in [1.29, 1.82) is 0 Å². The lowest BCUT2D eigenvalue weighted by Gasteiger charge is -2.14. The predicted molar refractivity (Wildman–Crippen MR) is 80.0 cm³/mol. The SMILES string of the molecule is CCCNc1cnc(C(=O)NC(C)Cn2ccnc2)cn1. The molecule has 1 unspecified atom stereocenters. The zero-order chi connectivity index (χ0) is 15.1. The fraction of sp³-hybridized carbons (Fsp3) is 0.429. The maximum Gasteiger partial charge on any atom is 0.271 e. The molecular formula is C14H20N6O. The molecule has 2 rings (SSSR count). The van der Waals surface area contributed by atoms with Crippen LogP contribution in [0.4, 0.5) is 5.82 Å². The quantitative estimate of drug-likeness (QED) is 0.802. The van der Waals surface area contributed by atoms with Crippen molar-refractivity contribution < 1.29 is 4.79 Å². The molecule has 0 aliphatic rings. The zero-order valence-electron chi connectivity index (χ0n) is 12.3. The highest BCUT2D eigenvalue weighted by Gasteiger charge is 2.11. The molecule has 7 nitrogen and oxygen atoms in total. The monoisotopic (exact) mass is 288 g/mol. The molecule has 0 aliphatic carbocycles. The van der Waals surface area contributed by atoms with Gasteiger partial charge < -0.3 is 15.2 Å². The van der Waals surface area contributed by atoms with Gasteiger partial charge in [-0.3, -0.25) is 4.79 Å². The summed E-state index contributed by atoms with van der Waals surface area (Å²) in [5.74, 6) is 0.456. The summed E-state index contributed by atoms with van der Waals surface area (Å²) in [6.45, 7) is 5.50. The van der Waals surface area contributed by atoms with E-state index in [1.807, 2.05) is 17.7 Å². The van der Waals surface area contributed by atoms with Gasteiger partial charge in [0.2, 0.25) is 0 Å². The largest absolute Gasteiger partial charge is 0.369 e. The van der Waals surface area contributed by atoms with Gasteiger partial charge in [0.05, 0.1) is 18.7 Å². The summed E-state index contributed by atoms with van der Waals surface area (Å²) in [4.78, 5) is 24.3. The van der Waals surface area contributed by atoms with Gasteiger partial charge in [-0.05, 0) is 13.3 Å². The van der Waals surface area contributed by atoms with E-state index < -0.39 is 0 Å². The molecule has 7 heteroatoms. The minimum Gasteiger partial charge on any atom is -0.369 e. The van der Waals surface area contributed by atoms with Crippen LogP contribution in [0.5, 0.6) is 0 Å². The molecule has 0 aliphatic heterocycles. The lowest BCUT2D eigenvalue weighted by atomic mass is 10.3. The van der Waals surface area contributed by atoms with E-state index in [0.29, 0.717) is 18.1 Å². The first kappa shape index (κ1) is 15.0. The van der Waals surface area contributed by atoms with Crippen molar-refractivity contribution in [3.63, 3.8) is 0 Å². The van der Waals surface area contributed by atoms with Gasteiger partial charge in [0.15, 0.2) is 0 Å². The molecule has 21 heavy (non-hydrogen) atoms. The van der Waals surface area contributed by atoms with Crippen LogP contribution in [0.3, 0.4) is 0 Å². The minimum atomic E-state index is -0.225. The highest BCUT2D eigenvalue weighted by molar-refractivity contribution is 5.92. The van der Waals surface area contributed by atoms with Crippen LogP contribution < -0.4 is 10.6 Å². The molecule has 112 valence electrons. The van der Waals surface area contributed by atoms with Crippen molar-refractivity contribution in [2.45, 2.75) is 32.9 Å². The fourth-order valence-corrected chi connectivity index (χ4v) is 1.84. The number of aromatic nitrogens is 4. The van der Waals surface area contributed by atoms with E-state index in [1.165, 1.54) is 6.20 Å². The van der Waals surface area contributed by atoms with Gasteiger partial charge in [0.1, 0.15) is 11.5 Å². The lowest BCUT2D eigenvalue weighted by Crippen LogP contribution is -2.36. The second-order valence-electron chi connectivity index (χ2n) is 4.85. The molecule has 1 atom stereocenters. The number of nitrogens with one attached hydrogen (secondary N) is 2. The van der Waals surface area contributed by atoms with Crippen LogP contribution in [0, 0.1) is 0 Å². The van der Waals surface area contributed by atoms with Crippen molar-refractivity contribution in [1.82, 2.24) is 24.8 Å². The lowest BCUT2D eigenvalue weighted by molar-refractivity contribution is 0.0931. The molecule has 2 aromatic heterocycles. The van der Waals surface area contributed by atoms with E-state index >= 15 is 0 Å². The number of anilines is 1. The summed E-state index contributed by atoms with van der Waals surface area (Å²) in [6.07, 6.45) is 9.35. The molecule has 0 saturated carbocycles. The summed E-state index contributed by atoms with van der Waals surface area (Å²) < 4.78 is 1.91. The number of carbonyl (C=O) groups excluding carboxylic acids is 1. The maximum atomic E-state index is 12.1. The van der Waals surface area contributed by atoms with E-state index in [4.69, 9.17) is 0 Å². The third kappa shape index (κ3) is 4.55. The van der Waals surface area contributed by atoms with Crippen LogP contribution in [0.25, 0.3) is 0 Å². The predicted octanol–water partition coefficient (Wildman–Crippen LogP) is 1.31. The van der Waals surface area contributed by atoms with Crippen LogP contribution in [0.2, 0.25) is 0 Å². The standard InChI is InChI=1S/C14H20N6O/c1-3-4-16-13-8-17-12(7-18-13)14(21)19-11(2)9-20-6-5-15-10-20/h5-8,10-11H,3-4,9H2,1-2H3,(H,16,18)(H,19,21). The van der Waals surface area contributed by atoms with Gasteiger partial charge in [-0.2, -0.15) is 0 Å². The first-order chi connectivity index (χ1) is 10.2. The smallest absolute Gasteiger partial charge is 0.271 e. The normalized spacial score (nSPS) is 11.9. The molecule has 0 saturated heterocycles. The van der Waals surface area contributed by atoms with Crippen LogP contribution in [0.15, 0.2) is 31.1 Å². The summed E-state index contributed by atoms with van der Waals surface area (Å²) in [5.41, 5.74) is 0.314. The third-order valence-corrected chi connectivity index (χ3v) is 2.86. The van der Waals surface area contributed by atoms with E-state index in [0.717, 1.165) is 13.0 Å². The topological polar surface area (TPSA) is 84.7 Å². The maximum absolute atomic E-state index is 12.1. The second kappa shape index (κ2) is 7.37. The number of hydrogen-bond acceptors (Lipinski definition) is 5. The highest BCUT2D eigenvalue weighted by atomic mass is 16.1. The van der Waals surface area contributed by atoms with E-state index in [-0.39, 0.29) is 11.9 Å². The third-order valence-electron chi connectivity index (χ3n) is 2.86. The Bertz CT molecular complexity index is 551.